The summed E-state index contributed by atoms with van der Waals surface area (Å²) in [6.45, 7) is 7.37. The molecule has 10 unspecified atom stereocenters. The number of carbonyl (C=O) groups is 8. The second kappa shape index (κ2) is 17.5. The van der Waals surface area contributed by atoms with E-state index >= 15 is 0 Å². The van der Waals surface area contributed by atoms with Crippen LogP contribution in [0.4, 0.5) is 0 Å². The normalized spacial score (nSPS) is 30.0. The van der Waals surface area contributed by atoms with Gasteiger partial charge in [0.15, 0.2) is 30.7 Å². The molecule has 0 saturated carbocycles. The van der Waals surface area contributed by atoms with E-state index in [9.17, 15) is 38.4 Å². The molecule has 19 heteroatoms. The van der Waals surface area contributed by atoms with E-state index in [0.717, 1.165) is 55.4 Å². The van der Waals surface area contributed by atoms with Crippen molar-refractivity contribution < 1.29 is 85.7 Å². The van der Waals surface area contributed by atoms with E-state index in [1.807, 2.05) is 0 Å². The van der Waals surface area contributed by atoms with Gasteiger partial charge in [0.1, 0.15) is 24.9 Å². The maximum absolute atomic E-state index is 12.2. The largest absolute Gasteiger partial charge is 0.463 e. The summed E-state index contributed by atoms with van der Waals surface area (Å²) in [5, 5.41) is 2.52. The van der Waals surface area contributed by atoms with Gasteiger partial charge < -0.3 is 52.7 Å². The Morgan fingerprint density at radius 1 is 0.468 bits per heavy atom. The minimum absolute atomic E-state index is 0.513. The number of hydrogen-bond acceptors (Lipinski definition) is 18. The average molecular weight is 678 g/mol. The first-order valence-electron chi connectivity index (χ1n) is 14.3. The number of nitrogens with one attached hydrogen (secondary N) is 1. The van der Waals surface area contributed by atoms with E-state index in [0.29, 0.717) is 0 Å². The van der Waals surface area contributed by atoms with Crippen molar-refractivity contribution in [3.8, 4) is 0 Å². The minimum atomic E-state index is -1.70. The van der Waals surface area contributed by atoms with E-state index in [4.69, 9.17) is 47.4 Å². The molecule has 1 amide bonds. The highest BCUT2D eigenvalue weighted by Crippen LogP contribution is 2.32. The fourth-order valence-electron chi connectivity index (χ4n) is 4.87. The van der Waals surface area contributed by atoms with E-state index in [2.05, 4.69) is 5.32 Å². The third-order valence-corrected chi connectivity index (χ3v) is 6.28. The zero-order valence-corrected chi connectivity index (χ0v) is 27.0. The molecule has 0 radical (unpaired) electrons. The number of carbonyl (C=O) groups excluding carboxylic acids is 8. The lowest BCUT2D eigenvalue weighted by atomic mass is 9.95. The standard InChI is InChI=1S/C28H39NO18/c1-11(30)29-21-24(42-15(5)34)22(40-13(3)32)19(9-38-12(2)31)46-27(21)39-10-20-23(41-14(4)33)25(43-16(6)35)26(44-17(7)36)28(47-20)45-18(8)37/h19-28H,9-10H2,1-8H3,(H,29,30). The molecule has 10 atom stereocenters. The van der Waals surface area contributed by atoms with Crippen molar-refractivity contribution in [3.05, 3.63) is 0 Å². The van der Waals surface area contributed by atoms with Crippen molar-refractivity contribution in [1.29, 1.82) is 0 Å². The van der Waals surface area contributed by atoms with E-state index in [-0.39, 0.29) is 0 Å². The molecule has 2 aliphatic heterocycles. The fourth-order valence-corrected chi connectivity index (χ4v) is 4.87. The lowest BCUT2D eigenvalue weighted by molar-refractivity contribution is -0.318. The molecule has 19 nitrogen and oxygen atoms in total. The van der Waals surface area contributed by atoms with Crippen LogP contribution in [0.25, 0.3) is 0 Å². The molecule has 0 spiro atoms. The van der Waals surface area contributed by atoms with Gasteiger partial charge in [-0.25, -0.2) is 0 Å². The van der Waals surface area contributed by atoms with E-state index < -0.39 is 122 Å². The zero-order valence-electron chi connectivity index (χ0n) is 27.0. The highest BCUT2D eigenvalue weighted by molar-refractivity contribution is 5.74. The molecule has 264 valence electrons. The highest BCUT2D eigenvalue weighted by atomic mass is 16.8. The lowest BCUT2D eigenvalue weighted by Gasteiger charge is -2.46. The number of rotatable bonds is 12. The third-order valence-electron chi connectivity index (χ3n) is 6.28. The topological polar surface area (TPSA) is 241 Å². The van der Waals surface area contributed by atoms with E-state index in [1.165, 1.54) is 0 Å². The highest BCUT2D eigenvalue weighted by Gasteiger charge is 2.55. The molecule has 0 aromatic heterocycles. The predicted octanol–water partition coefficient (Wildman–Crippen LogP) is -1.26. The summed E-state index contributed by atoms with van der Waals surface area (Å²) in [5.74, 6) is -6.56. The Bertz CT molecular complexity index is 1200. The molecule has 47 heavy (non-hydrogen) atoms. The first-order valence-corrected chi connectivity index (χ1v) is 14.3. The second-order valence-electron chi connectivity index (χ2n) is 10.4. The van der Waals surface area contributed by atoms with Crippen LogP contribution in [-0.4, -0.2) is 122 Å². The molecular formula is C28H39NO18. The van der Waals surface area contributed by atoms with Crippen molar-refractivity contribution in [1.82, 2.24) is 5.32 Å². The smallest absolute Gasteiger partial charge is 0.305 e. The van der Waals surface area contributed by atoms with Gasteiger partial charge in [0, 0.05) is 55.4 Å². The monoisotopic (exact) mass is 677 g/mol. The Hall–Kier alpha value is -4.36. The summed E-state index contributed by atoms with van der Waals surface area (Å²) in [4.78, 5) is 96.1. The number of hydrogen-bond donors (Lipinski definition) is 1. The summed E-state index contributed by atoms with van der Waals surface area (Å²) in [5.41, 5.74) is 0. The summed E-state index contributed by atoms with van der Waals surface area (Å²) in [6.07, 6.45) is -13.6. The lowest BCUT2D eigenvalue weighted by Crippen LogP contribution is -2.67. The van der Waals surface area contributed by atoms with Crippen LogP contribution in [0.5, 0.6) is 0 Å². The van der Waals surface area contributed by atoms with Crippen LogP contribution in [0.1, 0.15) is 55.4 Å². The maximum atomic E-state index is 12.2. The van der Waals surface area contributed by atoms with Gasteiger partial charge in [-0.15, -0.1) is 0 Å². The van der Waals surface area contributed by atoms with Gasteiger partial charge in [0.2, 0.25) is 18.3 Å². The van der Waals surface area contributed by atoms with Crippen LogP contribution in [0, 0.1) is 0 Å². The Kier molecular flexibility index (Phi) is 14.5. The van der Waals surface area contributed by atoms with Gasteiger partial charge in [-0.05, 0) is 0 Å². The van der Waals surface area contributed by atoms with Crippen molar-refractivity contribution in [3.63, 3.8) is 0 Å². The van der Waals surface area contributed by atoms with Gasteiger partial charge in [-0.1, -0.05) is 0 Å². The Morgan fingerprint density at radius 2 is 0.872 bits per heavy atom. The molecule has 0 aromatic rings. The molecule has 2 fully saturated rings. The quantitative estimate of drug-likeness (QED) is 0.187. The van der Waals surface area contributed by atoms with Gasteiger partial charge in [0.25, 0.3) is 0 Å². The van der Waals surface area contributed by atoms with Gasteiger partial charge >= 0.3 is 41.8 Å². The Labute approximate surface area is 269 Å². The van der Waals surface area contributed by atoms with Gasteiger partial charge in [-0.2, -0.15) is 0 Å². The van der Waals surface area contributed by atoms with Crippen molar-refractivity contribution in [2.24, 2.45) is 0 Å². The second-order valence-corrected chi connectivity index (χ2v) is 10.4. The Morgan fingerprint density at radius 3 is 1.34 bits per heavy atom. The SMILES string of the molecule is CC(=O)NC1C(OCC2OC(OC(C)=O)C(OC(C)=O)C(OC(C)=O)C2OC(C)=O)OC(COC(C)=O)C(OC(C)=O)C1OC(C)=O. The first kappa shape index (κ1) is 38.8. The van der Waals surface area contributed by atoms with Gasteiger partial charge in [0.05, 0.1) is 6.61 Å². The van der Waals surface area contributed by atoms with Crippen LogP contribution in [0.3, 0.4) is 0 Å². The molecule has 0 aliphatic carbocycles. The van der Waals surface area contributed by atoms with Crippen LogP contribution >= 0.6 is 0 Å². The molecule has 2 rings (SSSR count). The van der Waals surface area contributed by atoms with Crippen LogP contribution in [0.2, 0.25) is 0 Å². The van der Waals surface area contributed by atoms with E-state index in [1.54, 1.807) is 0 Å². The van der Waals surface area contributed by atoms with Gasteiger partial charge in [-0.3, -0.25) is 38.4 Å². The maximum Gasteiger partial charge on any atom is 0.305 e. The zero-order chi connectivity index (χ0) is 35.6. The van der Waals surface area contributed by atoms with Crippen molar-refractivity contribution in [2.45, 2.75) is 117 Å². The summed E-state index contributed by atoms with van der Waals surface area (Å²) >= 11 is 0. The molecule has 2 saturated heterocycles. The molecule has 0 aromatic carbocycles. The molecule has 2 heterocycles. The molecule has 2 aliphatic rings. The average Bonchev–Trinajstić information content (AvgIpc) is 2.91. The molecule has 1 N–H and O–H groups in total. The number of amides is 1. The predicted molar refractivity (Wildman–Crippen MR) is 147 cm³/mol. The van der Waals surface area contributed by atoms with Crippen LogP contribution in [0.15, 0.2) is 0 Å². The van der Waals surface area contributed by atoms with Crippen LogP contribution in [-0.2, 0) is 85.7 Å². The van der Waals surface area contributed by atoms with Crippen molar-refractivity contribution >= 4 is 47.7 Å². The van der Waals surface area contributed by atoms with Crippen molar-refractivity contribution in [2.75, 3.05) is 13.2 Å². The molecular weight excluding hydrogens is 638 g/mol. The number of esters is 7. The molecule has 0 bridgehead atoms. The summed E-state index contributed by atoms with van der Waals surface area (Å²) in [6, 6.07) is -1.37. The first-order chi connectivity index (χ1) is 21.9. The third kappa shape index (κ3) is 12.1. The summed E-state index contributed by atoms with van der Waals surface area (Å²) < 4.78 is 54.7. The fraction of sp³-hybridized carbons (Fsp3) is 0.714. The minimum Gasteiger partial charge on any atom is -0.463 e. The Balaban J connectivity index is 2.56. The summed E-state index contributed by atoms with van der Waals surface area (Å²) in [7, 11) is 0. The van der Waals surface area contributed by atoms with Crippen LogP contribution < -0.4 is 5.32 Å². The number of ether oxygens (including phenoxy) is 10.